The average molecular weight is 297 g/mol. The predicted molar refractivity (Wildman–Crippen MR) is 72.5 cm³/mol. The summed E-state index contributed by atoms with van der Waals surface area (Å²) in [7, 11) is -2.99. The van der Waals surface area contributed by atoms with Crippen molar-refractivity contribution < 1.29 is 8.42 Å². The van der Waals surface area contributed by atoms with Crippen molar-refractivity contribution in [2.75, 3.05) is 18.1 Å². The quantitative estimate of drug-likeness (QED) is 0.710. The molecule has 1 unspecified atom stereocenters. The van der Waals surface area contributed by atoms with E-state index in [1.54, 1.807) is 6.92 Å². The van der Waals surface area contributed by atoms with Gasteiger partial charge in [0, 0.05) is 30.8 Å². The fraction of sp³-hybridized carbons (Fsp3) is 0.545. The van der Waals surface area contributed by atoms with Crippen molar-refractivity contribution in [1.82, 2.24) is 24.9 Å². The Labute approximate surface area is 115 Å². The Morgan fingerprint density at radius 1 is 1.45 bits per heavy atom. The summed E-state index contributed by atoms with van der Waals surface area (Å²) in [4.78, 5) is 20.1. The van der Waals surface area contributed by atoms with E-state index in [2.05, 4.69) is 20.4 Å². The summed E-state index contributed by atoms with van der Waals surface area (Å²) in [5.74, 6) is 1.12. The van der Waals surface area contributed by atoms with Crippen LogP contribution in [0.15, 0.2) is 10.9 Å². The van der Waals surface area contributed by atoms with Crippen LogP contribution in [0.5, 0.6) is 0 Å². The van der Waals surface area contributed by atoms with Crippen molar-refractivity contribution in [2.24, 2.45) is 0 Å². The summed E-state index contributed by atoms with van der Waals surface area (Å²) in [5.41, 5.74) is 0.377. The molecule has 8 nitrogen and oxygen atoms in total. The normalized spacial score (nSPS) is 22.1. The third-order valence-electron chi connectivity index (χ3n) is 3.25. The van der Waals surface area contributed by atoms with Crippen molar-refractivity contribution in [1.29, 1.82) is 0 Å². The molecule has 2 aromatic rings. The van der Waals surface area contributed by atoms with E-state index in [0.717, 1.165) is 0 Å². The lowest BCUT2D eigenvalue weighted by Gasteiger charge is -2.22. The van der Waals surface area contributed by atoms with Crippen molar-refractivity contribution in [3.8, 4) is 0 Å². The van der Waals surface area contributed by atoms with Crippen LogP contribution in [-0.2, 0) is 16.3 Å². The first-order chi connectivity index (χ1) is 9.43. The Balaban J connectivity index is 1.88. The molecule has 108 valence electrons. The molecule has 1 fully saturated rings. The molecule has 3 rings (SSSR count). The van der Waals surface area contributed by atoms with Gasteiger partial charge in [-0.25, -0.2) is 13.4 Å². The molecule has 2 aromatic heterocycles. The summed E-state index contributed by atoms with van der Waals surface area (Å²) in [5, 5.41) is 6.01. The highest BCUT2D eigenvalue weighted by Gasteiger charge is 2.25. The van der Waals surface area contributed by atoms with E-state index < -0.39 is 9.84 Å². The molecular weight excluding hydrogens is 282 g/mol. The summed E-state index contributed by atoms with van der Waals surface area (Å²) < 4.78 is 24.4. The minimum atomic E-state index is -2.99. The van der Waals surface area contributed by atoms with Gasteiger partial charge in [0.25, 0.3) is 11.3 Å². The standard InChI is InChI=1S/C11H15N5O3S/c1-7-4-10(17)16-11(13-7)14-9(15-16)5-8-6-20(18,19)3-2-12-8/h4,8,12H,2-3,5-6H2,1H3,(H,13,14,15). The van der Waals surface area contributed by atoms with Crippen LogP contribution in [0.4, 0.5) is 0 Å². The first-order valence-electron chi connectivity index (χ1n) is 6.32. The largest absolute Gasteiger partial charge is 0.312 e. The molecule has 0 aliphatic carbocycles. The van der Waals surface area contributed by atoms with Gasteiger partial charge in [0.15, 0.2) is 9.84 Å². The van der Waals surface area contributed by atoms with E-state index in [1.807, 2.05) is 0 Å². The SMILES string of the molecule is Cc1cc(=O)n2[nH]c(CC3CS(=O)(=O)CCN3)nc2n1. The van der Waals surface area contributed by atoms with Crippen LogP contribution >= 0.6 is 0 Å². The van der Waals surface area contributed by atoms with Crippen molar-refractivity contribution in [3.05, 3.63) is 27.9 Å². The molecule has 0 aromatic carbocycles. The lowest BCUT2D eigenvalue weighted by atomic mass is 10.2. The number of sulfone groups is 1. The van der Waals surface area contributed by atoms with Crippen LogP contribution in [-0.4, -0.2) is 52.1 Å². The average Bonchev–Trinajstić information content (AvgIpc) is 2.70. The van der Waals surface area contributed by atoms with Gasteiger partial charge in [-0.2, -0.15) is 9.50 Å². The van der Waals surface area contributed by atoms with Gasteiger partial charge in [-0.15, -0.1) is 0 Å². The number of aromatic nitrogens is 4. The van der Waals surface area contributed by atoms with E-state index >= 15 is 0 Å². The van der Waals surface area contributed by atoms with E-state index in [1.165, 1.54) is 10.6 Å². The second-order valence-corrected chi connectivity index (χ2v) is 7.24. The molecular formula is C11H15N5O3S. The number of nitrogens with one attached hydrogen (secondary N) is 2. The van der Waals surface area contributed by atoms with Crippen LogP contribution in [0.2, 0.25) is 0 Å². The summed E-state index contributed by atoms with van der Waals surface area (Å²) in [6.07, 6.45) is 0.418. The second-order valence-electron chi connectivity index (χ2n) is 5.01. The summed E-state index contributed by atoms with van der Waals surface area (Å²) >= 11 is 0. The molecule has 0 bridgehead atoms. The van der Waals surface area contributed by atoms with E-state index in [9.17, 15) is 13.2 Å². The molecule has 0 radical (unpaired) electrons. The van der Waals surface area contributed by atoms with Gasteiger partial charge in [-0.05, 0) is 6.92 Å². The number of aryl methyl sites for hydroxylation is 1. The van der Waals surface area contributed by atoms with Crippen LogP contribution < -0.4 is 10.9 Å². The fourth-order valence-corrected chi connectivity index (χ4v) is 3.80. The van der Waals surface area contributed by atoms with Gasteiger partial charge in [-0.3, -0.25) is 9.89 Å². The van der Waals surface area contributed by atoms with Crippen LogP contribution in [0.25, 0.3) is 5.78 Å². The first-order valence-corrected chi connectivity index (χ1v) is 8.14. The third-order valence-corrected chi connectivity index (χ3v) is 4.98. The lowest BCUT2D eigenvalue weighted by Crippen LogP contribution is -2.46. The number of aromatic amines is 1. The molecule has 1 atom stereocenters. The molecule has 1 aliphatic rings. The number of hydrogen-bond acceptors (Lipinski definition) is 6. The highest BCUT2D eigenvalue weighted by Crippen LogP contribution is 2.07. The Hall–Kier alpha value is -1.74. The molecule has 0 amide bonds. The monoisotopic (exact) mass is 297 g/mol. The number of nitrogens with zero attached hydrogens (tertiary/aromatic N) is 3. The molecule has 1 saturated heterocycles. The molecule has 1 aliphatic heterocycles. The smallest absolute Gasteiger partial charge is 0.274 e. The lowest BCUT2D eigenvalue weighted by molar-refractivity contribution is 0.508. The van der Waals surface area contributed by atoms with Crippen LogP contribution in [0.1, 0.15) is 11.5 Å². The maximum absolute atomic E-state index is 11.7. The molecule has 3 heterocycles. The van der Waals surface area contributed by atoms with Gasteiger partial charge in [0.1, 0.15) is 5.82 Å². The zero-order valence-electron chi connectivity index (χ0n) is 11.0. The van der Waals surface area contributed by atoms with Crippen molar-refractivity contribution in [2.45, 2.75) is 19.4 Å². The maximum atomic E-state index is 11.7. The van der Waals surface area contributed by atoms with Gasteiger partial charge in [-0.1, -0.05) is 0 Å². The Bertz CT molecular complexity index is 807. The molecule has 9 heteroatoms. The first kappa shape index (κ1) is 13.3. The highest BCUT2D eigenvalue weighted by atomic mass is 32.2. The minimum absolute atomic E-state index is 0.0887. The maximum Gasteiger partial charge on any atom is 0.274 e. The highest BCUT2D eigenvalue weighted by molar-refractivity contribution is 7.91. The molecule has 0 spiro atoms. The second kappa shape index (κ2) is 4.67. The van der Waals surface area contributed by atoms with Crippen molar-refractivity contribution in [3.63, 3.8) is 0 Å². The van der Waals surface area contributed by atoms with E-state index in [-0.39, 0.29) is 23.1 Å². The Morgan fingerprint density at radius 3 is 3.00 bits per heavy atom. The van der Waals surface area contributed by atoms with Crippen molar-refractivity contribution >= 4 is 15.6 Å². The molecule has 2 N–H and O–H groups in total. The zero-order chi connectivity index (χ0) is 14.3. The Morgan fingerprint density at radius 2 is 2.25 bits per heavy atom. The van der Waals surface area contributed by atoms with E-state index in [0.29, 0.717) is 30.3 Å². The number of hydrogen-bond donors (Lipinski definition) is 2. The summed E-state index contributed by atoms with van der Waals surface area (Å²) in [6, 6.07) is 1.23. The number of fused-ring (bicyclic) bond motifs is 1. The van der Waals surface area contributed by atoms with Gasteiger partial charge < -0.3 is 5.32 Å². The minimum Gasteiger partial charge on any atom is -0.312 e. The zero-order valence-corrected chi connectivity index (χ0v) is 11.8. The molecule has 0 saturated carbocycles. The number of rotatable bonds is 2. The van der Waals surface area contributed by atoms with Gasteiger partial charge in [0.2, 0.25) is 0 Å². The molecule has 20 heavy (non-hydrogen) atoms. The summed E-state index contributed by atoms with van der Waals surface area (Å²) in [6.45, 7) is 2.18. The fourth-order valence-electron chi connectivity index (χ4n) is 2.36. The Kier molecular flexibility index (Phi) is 3.09. The topological polar surface area (TPSA) is 109 Å². The number of H-pyrrole nitrogens is 1. The van der Waals surface area contributed by atoms with Gasteiger partial charge in [0.05, 0.1) is 11.5 Å². The third kappa shape index (κ3) is 2.59. The van der Waals surface area contributed by atoms with Crippen LogP contribution in [0, 0.1) is 6.92 Å². The van der Waals surface area contributed by atoms with E-state index in [4.69, 9.17) is 0 Å². The van der Waals surface area contributed by atoms with Gasteiger partial charge >= 0.3 is 0 Å². The predicted octanol–water partition coefficient (Wildman–Crippen LogP) is -1.34. The van der Waals surface area contributed by atoms with Crippen LogP contribution in [0.3, 0.4) is 0 Å².